The van der Waals surface area contributed by atoms with Gasteiger partial charge in [0.1, 0.15) is 0 Å². The first kappa shape index (κ1) is 17.0. The maximum Gasteiger partial charge on any atom is 0.255 e. The number of hydrogen-bond acceptors (Lipinski definition) is 3. The Morgan fingerprint density at radius 3 is 2.38 bits per heavy atom. The molecule has 2 aromatic rings. The second kappa shape index (κ2) is 7.04. The van der Waals surface area contributed by atoms with Crippen LogP contribution in [0.1, 0.15) is 51.1 Å². The van der Waals surface area contributed by atoms with Crippen LogP contribution in [0.3, 0.4) is 0 Å². The van der Waals surface area contributed by atoms with Gasteiger partial charge in [0.05, 0.1) is 5.56 Å². The molecule has 0 aliphatic carbocycles. The number of nitrogens with zero attached hydrogens (tertiary/aromatic N) is 1. The third kappa shape index (κ3) is 3.06. The number of fused-ring (bicyclic) bond motifs is 2. The fourth-order valence-corrected chi connectivity index (χ4v) is 4.18. The molecule has 0 radical (unpaired) electrons. The van der Waals surface area contributed by atoms with Gasteiger partial charge in [-0.3, -0.25) is 9.59 Å². The molecule has 2 heterocycles. The fourth-order valence-electron chi connectivity index (χ4n) is 4.18. The van der Waals surface area contributed by atoms with Crippen LogP contribution in [0.5, 0.6) is 0 Å². The Kier molecular flexibility index (Phi) is 4.60. The summed E-state index contributed by atoms with van der Waals surface area (Å²) in [4.78, 5) is 28.4. The third-order valence-corrected chi connectivity index (χ3v) is 5.60. The molecule has 4 nitrogen and oxygen atoms in total. The van der Waals surface area contributed by atoms with Crippen LogP contribution in [0.15, 0.2) is 48.5 Å². The van der Waals surface area contributed by atoms with Gasteiger partial charge in [-0.25, -0.2) is 0 Å². The lowest BCUT2D eigenvalue weighted by Gasteiger charge is -2.28. The quantitative estimate of drug-likeness (QED) is 0.867. The van der Waals surface area contributed by atoms with Crippen molar-refractivity contribution < 1.29 is 9.59 Å². The molecule has 2 fully saturated rings. The zero-order chi connectivity index (χ0) is 18.1. The van der Waals surface area contributed by atoms with E-state index in [2.05, 4.69) is 5.32 Å². The van der Waals surface area contributed by atoms with Crippen LogP contribution in [0.2, 0.25) is 0 Å². The van der Waals surface area contributed by atoms with Crippen molar-refractivity contribution in [1.29, 1.82) is 0 Å². The molecule has 2 bridgehead atoms. The number of nitrogens with one attached hydrogen (secondary N) is 1. The van der Waals surface area contributed by atoms with Crippen molar-refractivity contribution in [3.63, 3.8) is 0 Å². The van der Waals surface area contributed by atoms with E-state index in [0.29, 0.717) is 16.7 Å². The van der Waals surface area contributed by atoms with Crippen LogP contribution < -0.4 is 5.32 Å². The second-order valence-corrected chi connectivity index (χ2v) is 7.33. The lowest BCUT2D eigenvalue weighted by molar-refractivity contribution is 0.0676. The van der Waals surface area contributed by atoms with Crippen LogP contribution in [0.4, 0.5) is 0 Å². The molecule has 2 aliphatic rings. The summed E-state index contributed by atoms with van der Waals surface area (Å²) >= 11 is 0. The summed E-state index contributed by atoms with van der Waals surface area (Å²) in [5, 5.41) is 3.42. The molecule has 2 aromatic carbocycles. The van der Waals surface area contributed by atoms with Gasteiger partial charge in [0, 0.05) is 29.8 Å². The lowest BCUT2D eigenvalue weighted by Crippen LogP contribution is -2.43. The minimum Gasteiger partial charge on any atom is -0.331 e. The zero-order valence-corrected chi connectivity index (χ0v) is 15.1. The molecule has 1 amide bonds. The van der Waals surface area contributed by atoms with E-state index in [-0.39, 0.29) is 23.8 Å². The Labute approximate surface area is 154 Å². The summed E-state index contributed by atoms with van der Waals surface area (Å²) in [5.41, 5.74) is 2.76. The summed E-state index contributed by atoms with van der Waals surface area (Å²) in [6, 6.07) is 15.3. The Hall–Kier alpha value is -2.46. The molecule has 0 saturated carbocycles. The molecule has 134 valence electrons. The molecule has 0 aromatic heterocycles. The van der Waals surface area contributed by atoms with Crippen LogP contribution in [-0.2, 0) is 0 Å². The van der Waals surface area contributed by atoms with Crippen molar-refractivity contribution >= 4 is 11.7 Å². The van der Waals surface area contributed by atoms with Gasteiger partial charge in [-0.15, -0.1) is 0 Å². The SMILES string of the molecule is Cc1ccc(C(=O)c2ccccc2C(=O)N2[C@@H]3CCNC[C@H]2CC3)cc1. The summed E-state index contributed by atoms with van der Waals surface area (Å²) in [6.07, 6.45) is 3.08. The van der Waals surface area contributed by atoms with E-state index in [1.807, 2.05) is 48.2 Å². The van der Waals surface area contributed by atoms with Gasteiger partial charge in [-0.2, -0.15) is 0 Å². The zero-order valence-electron chi connectivity index (χ0n) is 15.1. The Morgan fingerprint density at radius 1 is 0.923 bits per heavy atom. The highest BCUT2D eigenvalue weighted by Gasteiger charge is 2.39. The molecule has 1 N–H and O–H groups in total. The molecule has 2 saturated heterocycles. The number of carbonyl (C=O) groups is 2. The minimum absolute atomic E-state index is 0.00254. The molecular weight excluding hydrogens is 324 g/mol. The molecule has 0 spiro atoms. The predicted molar refractivity (Wildman–Crippen MR) is 102 cm³/mol. The average Bonchev–Trinajstić information content (AvgIpc) is 2.94. The molecule has 2 aliphatic heterocycles. The second-order valence-electron chi connectivity index (χ2n) is 7.33. The number of hydrogen-bond donors (Lipinski definition) is 1. The van der Waals surface area contributed by atoms with Crippen LogP contribution in [-0.4, -0.2) is 41.8 Å². The van der Waals surface area contributed by atoms with Crippen molar-refractivity contribution in [2.75, 3.05) is 13.1 Å². The maximum absolute atomic E-state index is 13.4. The number of amides is 1. The Balaban J connectivity index is 1.68. The molecular formula is C22H24N2O2. The smallest absolute Gasteiger partial charge is 0.255 e. The highest BCUT2D eigenvalue weighted by molar-refractivity contribution is 6.15. The molecule has 4 rings (SSSR count). The number of ketones is 1. The van der Waals surface area contributed by atoms with Crippen molar-refractivity contribution in [2.45, 2.75) is 38.3 Å². The van der Waals surface area contributed by atoms with Crippen molar-refractivity contribution in [3.8, 4) is 0 Å². The van der Waals surface area contributed by atoms with Gasteiger partial charge < -0.3 is 10.2 Å². The monoisotopic (exact) mass is 348 g/mol. The van der Waals surface area contributed by atoms with Gasteiger partial charge in [0.25, 0.3) is 5.91 Å². The fraction of sp³-hybridized carbons (Fsp3) is 0.364. The van der Waals surface area contributed by atoms with E-state index in [4.69, 9.17) is 0 Å². The third-order valence-electron chi connectivity index (χ3n) is 5.60. The van der Waals surface area contributed by atoms with Crippen molar-refractivity contribution in [1.82, 2.24) is 10.2 Å². The molecule has 2 atom stereocenters. The number of carbonyl (C=O) groups excluding carboxylic acids is 2. The minimum atomic E-state index is -0.0887. The molecule has 26 heavy (non-hydrogen) atoms. The van der Waals surface area contributed by atoms with Crippen LogP contribution in [0.25, 0.3) is 0 Å². The van der Waals surface area contributed by atoms with Crippen molar-refractivity contribution in [2.24, 2.45) is 0 Å². The molecule has 4 heteroatoms. The number of aryl methyl sites for hydroxylation is 1. The predicted octanol–water partition coefficient (Wildman–Crippen LogP) is 3.19. The number of benzene rings is 2. The standard InChI is InChI=1S/C22H24N2O2/c1-15-6-8-16(9-7-15)21(25)19-4-2-3-5-20(19)22(26)24-17-10-11-18(24)14-23-13-12-17/h2-9,17-18,23H,10-14H2,1H3/t17-,18+/m0/s1. The Bertz CT molecular complexity index is 814. The highest BCUT2D eigenvalue weighted by atomic mass is 16.2. The Morgan fingerprint density at radius 2 is 1.62 bits per heavy atom. The summed E-state index contributed by atoms with van der Waals surface area (Å²) in [6.45, 7) is 3.79. The first-order chi connectivity index (χ1) is 12.6. The van der Waals surface area contributed by atoms with Gasteiger partial charge in [0.2, 0.25) is 0 Å². The van der Waals surface area contributed by atoms with E-state index in [0.717, 1.165) is 37.9 Å². The van der Waals surface area contributed by atoms with Gasteiger partial charge in [-0.05, 0) is 38.8 Å². The van der Waals surface area contributed by atoms with E-state index < -0.39 is 0 Å². The lowest BCUT2D eigenvalue weighted by atomic mass is 9.96. The first-order valence-corrected chi connectivity index (χ1v) is 9.39. The van der Waals surface area contributed by atoms with E-state index >= 15 is 0 Å². The topological polar surface area (TPSA) is 49.4 Å². The van der Waals surface area contributed by atoms with Crippen LogP contribution in [0, 0.1) is 6.92 Å². The van der Waals surface area contributed by atoms with Gasteiger partial charge >= 0.3 is 0 Å². The van der Waals surface area contributed by atoms with E-state index in [1.54, 1.807) is 12.1 Å². The van der Waals surface area contributed by atoms with E-state index in [9.17, 15) is 9.59 Å². The molecule has 0 unspecified atom stereocenters. The van der Waals surface area contributed by atoms with Crippen LogP contribution >= 0.6 is 0 Å². The number of rotatable bonds is 3. The highest BCUT2D eigenvalue weighted by Crippen LogP contribution is 2.30. The maximum atomic E-state index is 13.4. The first-order valence-electron chi connectivity index (χ1n) is 9.39. The van der Waals surface area contributed by atoms with E-state index in [1.165, 1.54) is 0 Å². The average molecular weight is 348 g/mol. The summed E-state index contributed by atoms with van der Waals surface area (Å²) in [7, 11) is 0. The van der Waals surface area contributed by atoms with Gasteiger partial charge in [-0.1, -0.05) is 48.0 Å². The summed E-state index contributed by atoms with van der Waals surface area (Å²) in [5.74, 6) is -0.0912. The normalized spacial score (nSPS) is 22.1. The summed E-state index contributed by atoms with van der Waals surface area (Å²) < 4.78 is 0. The van der Waals surface area contributed by atoms with Gasteiger partial charge in [0.15, 0.2) is 5.78 Å². The van der Waals surface area contributed by atoms with Crippen molar-refractivity contribution in [3.05, 3.63) is 70.8 Å². The largest absolute Gasteiger partial charge is 0.331 e.